The second-order valence-corrected chi connectivity index (χ2v) is 3.11. The van der Waals surface area contributed by atoms with Crippen LogP contribution in [0.1, 0.15) is 26.2 Å². The molecule has 1 heterocycles. The van der Waals surface area contributed by atoms with Crippen LogP contribution in [0.3, 0.4) is 0 Å². The predicted octanol–water partition coefficient (Wildman–Crippen LogP) is 1.91. The van der Waals surface area contributed by atoms with Gasteiger partial charge in [0.1, 0.15) is 0 Å². The van der Waals surface area contributed by atoms with Crippen molar-refractivity contribution in [3.8, 4) is 0 Å². The molecule has 0 spiro atoms. The van der Waals surface area contributed by atoms with Crippen LogP contribution < -0.4 is 5.43 Å². The fourth-order valence-electron chi connectivity index (χ4n) is 0.993. The van der Waals surface area contributed by atoms with Crippen LogP contribution in [0.2, 0.25) is 0 Å². The Morgan fingerprint density at radius 1 is 1.58 bits per heavy atom. The smallest absolute Gasteiger partial charge is 0.183 e. The Balaban J connectivity index is 2.20. The second kappa shape index (κ2) is 5.09. The highest BCUT2D eigenvalue weighted by Crippen LogP contribution is 1.99. The molecule has 1 rings (SSSR count). The fraction of sp³-hybridized carbons (Fsp3) is 0.625. The molecule has 0 saturated carbocycles. The van der Waals surface area contributed by atoms with E-state index >= 15 is 0 Å². The van der Waals surface area contributed by atoms with Crippen molar-refractivity contribution in [2.75, 3.05) is 12.0 Å². The average molecular weight is 185 g/mol. The molecule has 1 N–H and O–H groups in total. The van der Waals surface area contributed by atoms with Gasteiger partial charge in [0.15, 0.2) is 5.16 Å². The Kier molecular flexibility index (Phi) is 4.00. The van der Waals surface area contributed by atoms with Gasteiger partial charge < -0.3 is 5.43 Å². The third kappa shape index (κ3) is 2.77. The van der Waals surface area contributed by atoms with Gasteiger partial charge in [-0.25, -0.2) is 9.66 Å². The van der Waals surface area contributed by atoms with E-state index in [1.807, 2.05) is 10.9 Å². The molecule has 1 aromatic rings. The largest absolute Gasteiger partial charge is 0.324 e. The summed E-state index contributed by atoms with van der Waals surface area (Å²) in [5.74, 6) is 0. The number of thiol groups is 1. The molecule has 0 saturated heterocycles. The lowest BCUT2D eigenvalue weighted by molar-refractivity contribution is 0.678. The van der Waals surface area contributed by atoms with Gasteiger partial charge in [-0.15, -0.1) is 12.6 Å². The summed E-state index contributed by atoms with van der Waals surface area (Å²) in [5.41, 5.74) is 3.21. The number of nitrogens with one attached hydrogen (secondary N) is 1. The first-order valence-corrected chi connectivity index (χ1v) is 4.75. The van der Waals surface area contributed by atoms with Crippen molar-refractivity contribution in [2.24, 2.45) is 0 Å². The first-order valence-electron chi connectivity index (χ1n) is 4.30. The van der Waals surface area contributed by atoms with Crippen LogP contribution in [-0.4, -0.2) is 16.2 Å². The maximum atomic E-state index is 4.16. The van der Waals surface area contributed by atoms with Gasteiger partial charge in [-0.05, 0) is 6.42 Å². The molecule has 0 amide bonds. The molecule has 0 aromatic carbocycles. The number of nitrogens with zero attached hydrogens (tertiary/aromatic N) is 2. The normalized spacial score (nSPS) is 10.2. The van der Waals surface area contributed by atoms with Gasteiger partial charge in [-0.3, -0.25) is 0 Å². The van der Waals surface area contributed by atoms with Crippen LogP contribution in [-0.2, 0) is 0 Å². The topological polar surface area (TPSA) is 29.9 Å². The van der Waals surface area contributed by atoms with Crippen LogP contribution in [0.25, 0.3) is 0 Å². The minimum absolute atomic E-state index is 0.714. The van der Waals surface area contributed by atoms with Crippen LogP contribution >= 0.6 is 12.6 Å². The molecule has 0 atom stereocenters. The van der Waals surface area contributed by atoms with Crippen LogP contribution in [0.5, 0.6) is 0 Å². The summed E-state index contributed by atoms with van der Waals surface area (Å²) in [4.78, 5) is 3.98. The Morgan fingerprint density at radius 2 is 2.42 bits per heavy atom. The van der Waals surface area contributed by atoms with E-state index < -0.39 is 0 Å². The number of rotatable bonds is 5. The lowest BCUT2D eigenvalue weighted by Crippen LogP contribution is -2.15. The number of imidazole rings is 1. The van der Waals surface area contributed by atoms with E-state index in [-0.39, 0.29) is 0 Å². The Bertz CT molecular complexity index is 222. The van der Waals surface area contributed by atoms with Crippen molar-refractivity contribution in [1.29, 1.82) is 0 Å². The molecule has 4 heteroatoms. The van der Waals surface area contributed by atoms with Crippen molar-refractivity contribution in [2.45, 2.75) is 31.3 Å². The highest BCUT2D eigenvalue weighted by atomic mass is 32.1. The molecular weight excluding hydrogens is 170 g/mol. The van der Waals surface area contributed by atoms with Crippen LogP contribution in [0.4, 0.5) is 0 Å². The molecular formula is C8H15N3S. The van der Waals surface area contributed by atoms with E-state index in [0.29, 0.717) is 5.16 Å². The van der Waals surface area contributed by atoms with Gasteiger partial charge >= 0.3 is 0 Å². The van der Waals surface area contributed by atoms with Crippen LogP contribution in [0.15, 0.2) is 17.6 Å². The van der Waals surface area contributed by atoms with Crippen molar-refractivity contribution >= 4 is 12.6 Å². The van der Waals surface area contributed by atoms with E-state index in [4.69, 9.17) is 0 Å². The minimum Gasteiger partial charge on any atom is -0.324 e. The summed E-state index contributed by atoms with van der Waals surface area (Å²) in [6, 6.07) is 0. The summed E-state index contributed by atoms with van der Waals surface area (Å²) in [7, 11) is 0. The van der Waals surface area contributed by atoms with Gasteiger partial charge in [0, 0.05) is 18.9 Å². The quantitative estimate of drug-likeness (QED) is 0.542. The number of unbranched alkanes of at least 4 members (excludes halogenated alkanes) is 2. The molecule has 12 heavy (non-hydrogen) atoms. The Hall–Kier alpha value is -0.640. The van der Waals surface area contributed by atoms with Crippen molar-refractivity contribution in [1.82, 2.24) is 9.66 Å². The summed E-state index contributed by atoms with van der Waals surface area (Å²) >= 11 is 4.16. The summed E-state index contributed by atoms with van der Waals surface area (Å²) < 4.78 is 1.83. The maximum absolute atomic E-state index is 4.16. The van der Waals surface area contributed by atoms with Gasteiger partial charge in [0.2, 0.25) is 0 Å². The average Bonchev–Trinajstić information content (AvgIpc) is 2.46. The van der Waals surface area contributed by atoms with Crippen molar-refractivity contribution in [3.63, 3.8) is 0 Å². The van der Waals surface area contributed by atoms with E-state index in [9.17, 15) is 0 Å². The van der Waals surface area contributed by atoms with Gasteiger partial charge in [-0.2, -0.15) is 0 Å². The molecule has 0 bridgehead atoms. The monoisotopic (exact) mass is 185 g/mol. The molecule has 0 fully saturated rings. The zero-order valence-corrected chi connectivity index (χ0v) is 8.22. The molecule has 0 aliphatic heterocycles. The number of aromatic nitrogens is 2. The van der Waals surface area contributed by atoms with Crippen molar-refractivity contribution < 1.29 is 0 Å². The minimum atomic E-state index is 0.714. The lowest BCUT2D eigenvalue weighted by atomic mass is 10.2. The molecule has 3 nitrogen and oxygen atoms in total. The maximum Gasteiger partial charge on any atom is 0.183 e. The van der Waals surface area contributed by atoms with Gasteiger partial charge in [-0.1, -0.05) is 19.8 Å². The Morgan fingerprint density at radius 3 is 3.00 bits per heavy atom. The molecule has 0 radical (unpaired) electrons. The van der Waals surface area contributed by atoms with E-state index in [1.165, 1.54) is 19.3 Å². The second-order valence-electron chi connectivity index (χ2n) is 2.71. The third-order valence-corrected chi connectivity index (χ3v) is 2.01. The molecule has 68 valence electrons. The Labute approximate surface area is 78.6 Å². The molecule has 0 unspecified atom stereocenters. The highest BCUT2D eigenvalue weighted by Gasteiger charge is 1.94. The molecule has 0 aliphatic rings. The van der Waals surface area contributed by atoms with Crippen LogP contribution in [0, 0.1) is 0 Å². The van der Waals surface area contributed by atoms with E-state index in [1.54, 1.807) is 6.20 Å². The number of hydrogen-bond donors (Lipinski definition) is 2. The first-order chi connectivity index (χ1) is 5.84. The predicted molar refractivity (Wildman–Crippen MR) is 53.2 cm³/mol. The zero-order valence-electron chi connectivity index (χ0n) is 7.32. The van der Waals surface area contributed by atoms with E-state index in [0.717, 1.165) is 6.54 Å². The van der Waals surface area contributed by atoms with E-state index in [2.05, 4.69) is 30.0 Å². The highest BCUT2D eigenvalue weighted by molar-refractivity contribution is 7.80. The summed E-state index contributed by atoms with van der Waals surface area (Å²) in [5, 5.41) is 0.714. The lowest BCUT2D eigenvalue weighted by Gasteiger charge is -2.06. The molecule has 0 aliphatic carbocycles. The number of hydrogen-bond acceptors (Lipinski definition) is 3. The van der Waals surface area contributed by atoms with Gasteiger partial charge in [0.05, 0.1) is 0 Å². The fourth-order valence-corrected chi connectivity index (χ4v) is 1.20. The van der Waals surface area contributed by atoms with Gasteiger partial charge in [0.25, 0.3) is 0 Å². The third-order valence-electron chi connectivity index (χ3n) is 1.68. The standard InChI is InChI=1S/C8H15N3S/c1-2-3-4-5-10-11-7-6-9-8(11)12/h6-7,10H,2-5H2,1H3,(H,9,12). The SMILES string of the molecule is CCCCCNn1ccnc1S. The molecule has 1 aromatic heterocycles. The van der Waals surface area contributed by atoms with Crippen molar-refractivity contribution in [3.05, 3.63) is 12.4 Å². The zero-order chi connectivity index (χ0) is 8.81. The summed E-state index contributed by atoms with van der Waals surface area (Å²) in [6.07, 6.45) is 7.31. The summed E-state index contributed by atoms with van der Waals surface area (Å²) in [6.45, 7) is 3.18. The first kappa shape index (κ1) is 9.45.